The van der Waals surface area contributed by atoms with Gasteiger partial charge in [0.2, 0.25) is 0 Å². The van der Waals surface area contributed by atoms with Crippen LogP contribution >= 0.6 is 11.3 Å². The topological polar surface area (TPSA) is 104 Å². The quantitative estimate of drug-likeness (QED) is 0.332. The summed E-state index contributed by atoms with van der Waals surface area (Å²) >= 11 is 1.37. The van der Waals surface area contributed by atoms with Crippen molar-refractivity contribution in [3.63, 3.8) is 0 Å². The van der Waals surface area contributed by atoms with Crippen molar-refractivity contribution in [3.05, 3.63) is 58.5 Å². The predicted octanol–water partition coefficient (Wildman–Crippen LogP) is 3.15. The second kappa shape index (κ2) is 9.66. The number of nitrogens with one attached hydrogen (secondary N) is 2. The zero-order chi connectivity index (χ0) is 20.6. The summed E-state index contributed by atoms with van der Waals surface area (Å²) in [5, 5.41) is 16.2. The van der Waals surface area contributed by atoms with Gasteiger partial charge in [0.1, 0.15) is 23.4 Å². The highest BCUT2D eigenvalue weighted by atomic mass is 32.1. The molecule has 148 valence electrons. The Labute approximate surface area is 172 Å². The maximum absolute atomic E-state index is 12.2. The molecule has 1 aliphatic rings. The van der Waals surface area contributed by atoms with Crippen molar-refractivity contribution in [2.24, 2.45) is 5.10 Å². The third kappa shape index (κ3) is 4.89. The monoisotopic (exact) mass is 408 g/mol. The van der Waals surface area contributed by atoms with E-state index in [1.807, 2.05) is 6.07 Å². The summed E-state index contributed by atoms with van der Waals surface area (Å²) < 4.78 is 5.51. The van der Waals surface area contributed by atoms with Gasteiger partial charge >= 0.3 is 11.8 Å². The first-order valence-corrected chi connectivity index (χ1v) is 9.97. The van der Waals surface area contributed by atoms with Gasteiger partial charge < -0.3 is 10.1 Å². The maximum Gasteiger partial charge on any atom is 0.329 e. The minimum atomic E-state index is -0.916. The van der Waals surface area contributed by atoms with Crippen LogP contribution in [0.1, 0.15) is 34.4 Å². The van der Waals surface area contributed by atoms with Gasteiger partial charge in [-0.3, -0.25) is 9.59 Å². The molecule has 2 amide bonds. The van der Waals surface area contributed by atoms with E-state index in [1.54, 1.807) is 24.3 Å². The van der Waals surface area contributed by atoms with Crippen LogP contribution < -0.4 is 15.5 Å². The van der Waals surface area contributed by atoms with E-state index in [1.165, 1.54) is 17.6 Å². The molecule has 29 heavy (non-hydrogen) atoms. The molecule has 1 aromatic carbocycles. The van der Waals surface area contributed by atoms with Gasteiger partial charge in [-0.15, -0.1) is 11.3 Å². The Morgan fingerprint density at radius 3 is 2.86 bits per heavy atom. The molecular formula is C21H20N4O3S. The van der Waals surface area contributed by atoms with Gasteiger partial charge in [0.05, 0.1) is 11.8 Å². The molecule has 0 aliphatic heterocycles. The van der Waals surface area contributed by atoms with Crippen LogP contribution in [0.15, 0.2) is 42.0 Å². The normalized spacial score (nSPS) is 12.7. The predicted molar refractivity (Wildman–Crippen MR) is 112 cm³/mol. The number of benzene rings is 1. The summed E-state index contributed by atoms with van der Waals surface area (Å²) in [6.45, 7) is 3.94. The van der Waals surface area contributed by atoms with E-state index in [2.05, 4.69) is 28.5 Å². The van der Waals surface area contributed by atoms with E-state index in [9.17, 15) is 14.9 Å². The molecule has 0 bridgehead atoms. The highest BCUT2D eigenvalue weighted by Crippen LogP contribution is 2.37. The summed E-state index contributed by atoms with van der Waals surface area (Å²) in [7, 11) is 0. The lowest BCUT2D eigenvalue weighted by Crippen LogP contribution is -2.32. The lowest BCUT2D eigenvalue weighted by molar-refractivity contribution is -0.136. The van der Waals surface area contributed by atoms with E-state index in [0.29, 0.717) is 28.5 Å². The molecule has 0 spiro atoms. The Bertz CT molecular complexity index is 1000. The van der Waals surface area contributed by atoms with Gasteiger partial charge in [-0.25, -0.2) is 5.43 Å². The number of nitriles is 1. The van der Waals surface area contributed by atoms with Crippen LogP contribution in [-0.2, 0) is 22.4 Å². The fourth-order valence-corrected chi connectivity index (χ4v) is 4.25. The Hall–Kier alpha value is -3.44. The van der Waals surface area contributed by atoms with Crippen LogP contribution in [0.3, 0.4) is 0 Å². The molecular weight excluding hydrogens is 388 g/mol. The Balaban J connectivity index is 1.63. The molecule has 0 atom stereocenters. The molecule has 0 saturated heterocycles. The van der Waals surface area contributed by atoms with Crippen molar-refractivity contribution in [1.29, 1.82) is 5.26 Å². The van der Waals surface area contributed by atoms with Crippen molar-refractivity contribution in [1.82, 2.24) is 5.43 Å². The van der Waals surface area contributed by atoms with Crippen molar-refractivity contribution >= 4 is 34.4 Å². The smallest absolute Gasteiger partial charge is 0.329 e. The van der Waals surface area contributed by atoms with Gasteiger partial charge in [-0.05, 0) is 43.4 Å². The highest BCUT2D eigenvalue weighted by molar-refractivity contribution is 7.16. The fourth-order valence-electron chi connectivity index (χ4n) is 3.01. The van der Waals surface area contributed by atoms with E-state index in [-0.39, 0.29) is 0 Å². The molecule has 1 aromatic heterocycles. The number of anilines is 1. The van der Waals surface area contributed by atoms with E-state index in [4.69, 9.17) is 4.74 Å². The number of amides is 2. The lowest BCUT2D eigenvalue weighted by Gasteiger charge is -2.09. The third-order valence-electron chi connectivity index (χ3n) is 4.36. The molecule has 0 fully saturated rings. The number of rotatable bonds is 6. The number of para-hydroxylation sites is 1. The van der Waals surface area contributed by atoms with Crippen LogP contribution in [-0.4, -0.2) is 24.6 Å². The van der Waals surface area contributed by atoms with Gasteiger partial charge in [0, 0.05) is 10.4 Å². The number of fused-ring (bicyclic) bond motifs is 1. The van der Waals surface area contributed by atoms with Crippen LogP contribution in [0.2, 0.25) is 0 Å². The van der Waals surface area contributed by atoms with Crippen LogP contribution in [0, 0.1) is 11.3 Å². The minimum absolute atomic E-state index is 0.339. The van der Waals surface area contributed by atoms with Gasteiger partial charge in [-0.1, -0.05) is 24.8 Å². The molecule has 8 heteroatoms. The van der Waals surface area contributed by atoms with E-state index >= 15 is 0 Å². The average Bonchev–Trinajstić information content (AvgIpc) is 3.09. The number of aryl methyl sites for hydroxylation is 1. The zero-order valence-electron chi connectivity index (χ0n) is 15.7. The molecule has 1 heterocycles. The van der Waals surface area contributed by atoms with Crippen molar-refractivity contribution in [3.8, 4) is 11.8 Å². The molecule has 0 saturated carbocycles. The second-order valence-corrected chi connectivity index (χ2v) is 7.42. The molecule has 1 aliphatic carbocycles. The Morgan fingerprint density at radius 2 is 2.07 bits per heavy atom. The van der Waals surface area contributed by atoms with Gasteiger partial charge in [0.15, 0.2) is 0 Å². The maximum atomic E-state index is 12.2. The van der Waals surface area contributed by atoms with Gasteiger partial charge in [-0.2, -0.15) is 10.4 Å². The van der Waals surface area contributed by atoms with E-state index in [0.717, 1.165) is 36.1 Å². The number of thiophene rings is 1. The van der Waals surface area contributed by atoms with Gasteiger partial charge in [0.25, 0.3) is 0 Å². The van der Waals surface area contributed by atoms with Crippen LogP contribution in [0.25, 0.3) is 0 Å². The largest absolute Gasteiger partial charge is 0.489 e. The number of hydrogen-bond acceptors (Lipinski definition) is 6. The molecule has 7 nitrogen and oxygen atoms in total. The van der Waals surface area contributed by atoms with Crippen molar-refractivity contribution in [2.45, 2.75) is 25.7 Å². The zero-order valence-corrected chi connectivity index (χ0v) is 16.6. The van der Waals surface area contributed by atoms with Crippen LogP contribution in [0.4, 0.5) is 5.00 Å². The fraction of sp³-hybridized carbons (Fsp3) is 0.238. The summed E-state index contributed by atoms with van der Waals surface area (Å²) in [6.07, 6.45) is 6.84. The number of ether oxygens (including phenoxy) is 1. The first-order chi connectivity index (χ1) is 14.1. The SMILES string of the molecule is C=CCOc1ccccc1/C=N/NC(=O)C(=O)Nc1sc2c(c1C#N)CCCC2. The molecule has 3 rings (SSSR count). The van der Waals surface area contributed by atoms with Crippen LogP contribution in [0.5, 0.6) is 5.75 Å². The van der Waals surface area contributed by atoms with E-state index < -0.39 is 11.8 Å². The summed E-state index contributed by atoms with van der Waals surface area (Å²) in [4.78, 5) is 25.4. The minimum Gasteiger partial charge on any atom is -0.489 e. The number of carbonyl (C=O) groups excluding carboxylic acids is 2. The Morgan fingerprint density at radius 1 is 1.28 bits per heavy atom. The van der Waals surface area contributed by atoms with Crippen molar-refractivity contribution in [2.75, 3.05) is 11.9 Å². The number of carbonyl (C=O) groups is 2. The van der Waals surface area contributed by atoms with Crippen molar-refractivity contribution < 1.29 is 14.3 Å². The number of hydrazone groups is 1. The number of nitrogens with zero attached hydrogens (tertiary/aromatic N) is 2. The summed E-state index contributed by atoms with van der Waals surface area (Å²) in [5.41, 5.74) is 4.30. The molecule has 0 unspecified atom stereocenters. The third-order valence-corrected chi connectivity index (χ3v) is 5.57. The lowest BCUT2D eigenvalue weighted by atomic mass is 9.96. The standard InChI is InChI=1S/C21H20N4O3S/c1-2-11-28-17-9-5-3-7-14(17)13-23-25-20(27)19(26)24-21-16(12-22)15-8-4-6-10-18(15)29-21/h2-3,5,7,9,13H,1,4,6,8,10-11H2,(H,24,26)(H,25,27)/b23-13+. The molecule has 0 radical (unpaired) electrons. The molecule has 2 N–H and O–H groups in total. The first kappa shape index (κ1) is 20.3. The number of hydrogen-bond donors (Lipinski definition) is 2. The highest BCUT2D eigenvalue weighted by Gasteiger charge is 2.23. The summed E-state index contributed by atoms with van der Waals surface area (Å²) in [6, 6.07) is 9.30. The molecule has 2 aromatic rings. The Kier molecular flexibility index (Phi) is 6.76. The summed E-state index contributed by atoms with van der Waals surface area (Å²) in [5.74, 6) is -1.20. The average molecular weight is 408 g/mol. The second-order valence-electron chi connectivity index (χ2n) is 6.32. The first-order valence-electron chi connectivity index (χ1n) is 9.15.